The maximum atomic E-state index is 11.6. The van der Waals surface area contributed by atoms with Gasteiger partial charge in [-0.05, 0) is 19.1 Å². The summed E-state index contributed by atoms with van der Waals surface area (Å²) in [5.74, 6) is 0.105. The van der Waals surface area contributed by atoms with Crippen LogP contribution in [0.15, 0.2) is 18.2 Å². The molecule has 1 nitrogen and oxygen atoms in total. The molecule has 0 saturated carbocycles. The number of ketones is 1. The highest BCUT2D eigenvalue weighted by atomic mass is 35.5. The summed E-state index contributed by atoms with van der Waals surface area (Å²) in [6.45, 7) is 5.70. The van der Waals surface area contributed by atoms with Crippen molar-refractivity contribution in [3.63, 3.8) is 0 Å². The van der Waals surface area contributed by atoms with Crippen molar-refractivity contribution in [2.75, 3.05) is 0 Å². The number of hydrogen-bond donors (Lipinski definition) is 0. The van der Waals surface area contributed by atoms with E-state index in [1.165, 1.54) is 0 Å². The Morgan fingerprint density at radius 3 is 2.54 bits per heavy atom. The Balaban J connectivity index is 3.13. The predicted molar refractivity (Wildman–Crippen MR) is 55.4 cm³/mol. The van der Waals surface area contributed by atoms with Gasteiger partial charge in [-0.1, -0.05) is 37.1 Å². The number of Topliss-reactive ketones (excluding diaryl/α,β-unsaturated/α-hetero) is 1. The molecule has 1 aromatic rings. The Kier molecular flexibility index (Phi) is 3.10. The van der Waals surface area contributed by atoms with Gasteiger partial charge in [-0.3, -0.25) is 4.79 Å². The molecule has 1 aromatic carbocycles. The van der Waals surface area contributed by atoms with E-state index in [-0.39, 0.29) is 11.7 Å². The molecule has 0 N–H and O–H groups in total. The molecule has 0 heterocycles. The molecule has 1 rings (SSSR count). The highest BCUT2D eigenvalue weighted by Crippen LogP contribution is 2.20. The first-order valence-corrected chi connectivity index (χ1v) is 4.70. The summed E-state index contributed by atoms with van der Waals surface area (Å²) in [4.78, 5) is 11.6. The number of hydrogen-bond acceptors (Lipinski definition) is 1. The maximum Gasteiger partial charge on any atom is 0.166 e. The Labute approximate surface area is 83.7 Å². The van der Waals surface area contributed by atoms with Crippen molar-refractivity contribution in [3.8, 4) is 0 Å². The molecule has 0 aliphatic carbocycles. The summed E-state index contributed by atoms with van der Waals surface area (Å²) in [5.41, 5.74) is 1.70. The maximum absolute atomic E-state index is 11.6. The number of benzene rings is 1. The van der Waals surface area contributed by atoms with Crippen LogP contribution in [0.25, 0.3) is 0 Å². The zero-order chi connectivity index (χ0) is 10.0. The van der Waals surface area contributed by atoms with Crippen molar-refractivity contribution >= 4 is 17.4 Å². The molecule has 0 radical (unpaired) electrons. The zero-order valence-corrected chi connectivity index (χ0v) is 8.85. The number of carbonyl (C=O) groups excluding carboxylic acids is 1. The van der Waals surface area contributed by atoms with E-state index in [9.17, 15) is 4.79 Å². The van der Waals surface area contributed by atoms with Gasteiger partial charge in [0.1, 0.15) is 0 Å². The molecule has 0 fully saturated rings. The summed E-state index contributed by atoms with van der Waals surface area (Å²) in [6, 6.07) is 5.51. The molecule has 0 amide bonds. The van der Waals surface area contributed by atoms with E-state index in [1.54, 1.807) is 6.07 Å². The molecule has 2 heteroatoms. The second kappa shape index (κ2) is 3.93. The van der Waals surface area contributed by atoms with Crippen LogP contribution < -0.4 is 0 Å². The van der Waals surface area contributed by atoms with Gasteiger partial charge in [-0.15, -0.1) is 0 Å². The summed E-state index contributed by atoms with van der Waals surface area (Å²) in [6.07, 6.45) is 0. The molecule has 0 aliphatic rings. The Morgan fingerprint density at radius 2 is 2.00 bits per heavy atom. The third kappa shape index (κ3) is 2.31. The van der Waals surface area contributed by atoms with Gasteiger partial charge in [0.2, 0.25) is 0 Å². The van der Waals surface area contributed by atoms with Crippen LogP contribution in [0.3, 0.4) is 0 Å². The van der Waals surface area contributed by atoms with Crippen LogP contribution in [-0.4, -0.2) is 5.78 Å². The number of halogens is 1. The van der Waals surface area contributed by atoms with Crippen LogP contribution in [0.5, 0.6) is 0 Å². The molecular formula is C11H13ClO. The van der Waals surface area contributed by atoms with Crippen LogP contribution in [0.2, 0.25) is 5.02 Å². The largest absolute Gasteiger partial charge is 0.294 e. The van der Waals surface area contributed by atoms with Gasteiger partial charge >= 0.3 is 0 Å². The summed E-state index contributed by atoms with van der Waals surface area (Å²) < 4.78 is 0. The second-order valence-corrected chi connectivity index (χ2v) is 3.91. The molecule has 13 heavy (non-hydrogen) atoms. The van der Waals surface area contributed by atoms with Crippen LogP contribution in [0.1, 0.15) is 29.8 Å². The zero-order valence-electron chi connectivity index (χ0n) is 8.10. The summed E-state index contributed by atoms with van der Waals surface area (Å²) >= 11 is 5.91. The smallest absolute Gasteiger partial charge is 0.166 e. The van der Waals surface area contributed by atoms with Crippen LogP contribution >= 0.6 is 11.6 Å². The lowest BCUT2D eigenvalue weighted by molar-refractivity contribution is 0.0939. The van der Waals surface area contributed by atoms with Gasteiger partial charge in [0, 0.05) is 11.5 Å². The van der Waals surface area contributed by atoms with Gasteiger partial charge in [0.25, 0.3) is 0 Å². The third-order valence-corrected chi connectivity index (χ3v) is 2.24. The average molecular weight is 197 g/mol. The minimum Gasteiger partial charge on any atom is -0.294 e. The number of aryl methyl sites for hydroxylation is 1. The van der Waals surface area contributed by atoms with E-state index in [0.717, 1.165) is 5.56 Å². The topological polar surface area (TPSA) is 17.1 Å². The number of carbonyl (C=O) groups is 1. The fourth-order valence-corrected chi connectivity index (χ4v) is 1.35. The summed E-state index contributed by atoms with van der Waals surface area (Å²) in [7, 11) is 0. The van der Waals surface area contributed by atoms with Crippen molar-refractivity contribution in [2.45, 2.75) is 20.8 Å². The Hall–Kier alpha value is -0.820. The summed E-state index contributed by atoms with van der Waals surface area (Å²) in [5, 5.41) is 0.546. The van der Waals surface area contributed by atoms with E-state index in [4.69, 9.17) is 11.6 Å². The van der Waals surface area contributed by atoms with E-state index < -0.39 is 0 Å². The normalized spacial score (nSPS) is 10.5. The van der Waals surface area contributed by atoms with Gasteiger partial charge in [-0.2, -0.15) is 0 Å². The molecule has 70 valence electrons. The van der Waals surface area contributed by atoms with Gasteiger partial charge < -0.3 is 0 Å². The molecule has 0 unspecified atom stereocenters. The monoisotopic (exact) mass is 196 g/mol. The first-order chi connectivity index (χ1) is 6.02. The lowest BCUT2D eigenvalue weighted by atomic mass is 10.00. The first kappa shape index (κ1) is 10.3. The van der Waals surface area contributed by atoms with E-state index in [1.807, 2.05) is 32.9 Å². The van der Waals surface area contributed by atoms with Crippen molar-refractivity contribution in [1.29, 1.82) is 0 Å². The molecule has 0 aliphatic heterocycles. The lowest BCUT2D eigenvalue weighted by Gasteiger charge is -2.06. The predicted octanol–water partition coefficient (Wildman–Crippen LogP) is 3.49. The molecular weight excluding hydrogens is 184 g/mol. The third-order valence-electron chi connectivity index (χ3n) is 1.91. The van der Waals surface area contributed by atoms with Gasteiger partial charge in [0.15, 0.2) is 5.78 Å². The van der Waals surface area contributed by atoms with Crippen LogP contribution in [0.4, 0.5) is 0 Å². The fraction of sp³-hybridized carbons (Fsp3) is 0.364. The Morgan fingerprint density at radius 1 is 1.38 bits per heavy atom. The van der Waals surface area contributed by atoms with E-state index >= 15 is 0 Å². The quantitative estimate of drug-likeness (QED) is 0.662. The van der Waals surface area contributed by atoms with Crippen molar-refractivity contribution < 1.29 is 4.79 Å². The Bertz CT molecular complexity index is 329. The second-order valence-electron chi connectivity index (χ2n) is 3.50. The standard InChI is InChI=1S/C11H13ClO/c1-7(2)11(13)9-6-8(3)4-5-10(9)12/h4-7H,1-3H3. The highest BCUT2D eigenvalue weighted by molar-refractivity contribution is 6.34. The first-order valence-electron chi connectivity index (χ1n) is 4.32. The minimum absolute atomic E-state index is 0.000648. The molecule has 0 spiro atoms. The van der Waals surface area contributed by atoms with Crippen LogP contribution in [-0.2, 0) is 0 Å². The SMILES string of the molecule is Cc1ccc(Cl)c(C(=O)C(C)C)c1. The lowest BCUT2D eigenvalue weighted by Crippen LogP contribution is -2.08. The highest BCUT2D eigenvalue weighted by Gasteiger charge is 2.13. The fourth-order valence-electron chi connectivity index (χ4n) is 1.14. The minimum atomic E-state index is -0.000648. The molecule has 0 bridgehead atoms. The van der Waals surface area contributed by atoms with Gasteiger partial charge in [-0.25, -0.2) is 0 Å². The number of rotatable bonds is 2. The van der Waals surface area contributed by atoms with Crippen molar-refractivity contribution in [2.24, 2.45) is 5.92 Å². The van der Waals surface area contributed by atoms with Crippen molar-refractivity contribution in [1.82, 2.24) is 0 Å². The molecule has 0 aromatic heterocycles. The van der Waals surface area contributed by atoms with E-state index in [0.29, 0.717) is 10.6 Å². The van der Waals surface area contributed by atoms with Crippen molar-refractivity contribution in [3.05, 3.63) is 34.3 Å². The van der Waals surface area contributed by atoms with Gasteiger partial charge in [0.05, 0.1) is 5.02 Å². The molecule has 0 atom stereocenters. The van der Waals surface area contributed by atoms with E-state index in [2.05, 4.69) is 0 Å². The van der Waals surface area contributed by atoms with Crippen LogP contribution in [0, 0.1) is 12.8 Å². The molecule has 0 saturated heterocycles. The average Bonchev–Trinajstić information content (AvgIpc) is 2.08.